The summed E-state index contributed by atoms with van der Waals surface area (Å²) in [5.74, 6) is 0.898. The first kappa shape index (κ1) is 16.5. The number of benzene rings is 1. The molecular formula is C16H28N4. The van der Waals surface area contributed by atoms with Gasteiger partial charge >= 0.3 is 0 Å². The standard InChI is InChI=1S/C16H28N4/c1-5-17-16(18-11-8-12-20(3)4)19-13-15-10-7-6-9-14(15)2/h6-7,9-10H,5,8,11-13H2,1-4H3,(H2,17,18,19). The lowest BCUT2D eigenvalue weighted by molar-refractivity contribution is 0.399. The molecule has 112 valence electrons. The molecule has 0 saturated heterocycles. The summed E-state index contributed by atoms with van der Waals surface area (Å²) in [4.78, 5) is 6.84. The molecule has 1 rings (SSSR count). The van der Waals surface area contributed by atoms with Crippen LogP contribution in [0.25, 0.3) is 0 Å². The van der Waals surface area contributed by atoms with Gasteiger partial charge in [-0.3, -0.25) is 0 Å². The molecule has 0 bridgehead atoms. The highest BCUT2D eigenvalue weighted by molar-refractivity contribution is 5.79. The van der Waals surface area contributed by atoms with E-state index in [2.05, 4.69) is 72.7 Å². The number of aryl methyl sites for hydroxylation is 1. The first-order valence-electron chi connectivity index (χ1n) is 7.35. The fraction of sp³-hybridized carbons (Fsp3) is 0.562. The molecule has 4 heteroatoms. The van der Waals surface area contributed by atoms with Gasteiger partial charge in [-0.2, -0.15) is 0 Å². The van der Waals surface area contributed by atoms with Crippen molar-refractivity contribution in [2.75, 3.05) is 33.7 Å². The van der Waals surface area contributed by atoms with Gasteiger partial charge in [0.25, 0.3) is 0 Å². The van der Waals surface area contributed by atoms with Gasteiger partial charge < -0.3 is 15.5 Å². The molecule has 0 fully saturated rings. The van der Waals surface area contributed by atoms with Crippen LogP contribution in [-0.4, -0.2) is 44.6 Å². The number of nitrogens with one attached hydrogen (secondary N) is 2. The van der Waals surface area contributed by atoms with Crippen LogP contribution in [0.3, 0.4) is 0 Å². The summed E-state index contributed by atoms with van der Waals surface area (Å²) >= 11 is 0. The Hall–Kier alpha value is -1.55. The summed E-state index contributed by atoms with van der Waals surface area (Å²) in [6, 6.07) is 8.39. The van der Waals surface area contributed by atoms with Crippen LogP contribution < -0.4 is 10.6 Å². The van der Waals surface area contributed by atoms with E-state index < -0.39 is 0 Å². The minimum atomic E-state index is 0.718. The zero-order valence-corrected chi connectivity index (χ0v) is 13.2. The van der Waals surface area contributed by atoms with Crippen molar-refractivity contribution in [1.82, 2.24) is 15.5 Å². The smallest absolute Gasteiger partial charge is 0.191 e. The van der Waals surface area contributed by atoms with E-state index in [4.69, 9.17) is 0 Å². The molecule has 0 aliphatic heterocycles. The molecule has 1 aromatic carbocycles. The second kappa shape index (κ2) is 9.37. The summed E-state index contributed by atoms with van der Waals surface area (Å²) in [7, 11) is 4.19. The lowest BCUT2D eigenvalue weighted by Crippen LogP contribution is -2.38. The predicted octanol–water partition coefficient (Wildman–Crippen LogP) is 2.00. The first-order valence-corrected chi connectivity index (χ1v) is 7.35. The Morgan fingerprint density at radius 2 is 1.95 bits per heavy atom. The summed E-state index contributed by atoms with van der Waals surface area (Å²) < 4.78 is 0. The summed E-state index contributed by atoms with van der Waals surface area (Å²) in [6.45, 7) is 7.85. The Labute approximate surface area is 123 Å². The van der Waals surface area contributed by atoms with Gasteiger partial charge in [-0.15, -0.1) is 0 Å². The minimum absolute atomic E-state index is 0.718. The zero-order valence-electron chi connectivity index (χ0n) is 13.2. The van der Waals surface area contributed by atoms with Gasteiger partial charge in [0.1, 0.15) is 0 Å². The van der Waals surface area contributed by atoms with Crippen LogP contribution in [0.4, 0.5) is 0 Å². The zero-order chi connectivity index (χ0) is 14.8. The number of hydrogen-bond acceptors (Lipinski definition) is 2. The van der Waals surface area contributed by atoms with E-state index >= 15 is 0 Å². The van der Waals surface area contributed by atoms with Crippen LogP contribution >= 0.6 is 0 Å². The van der Waals surface area contributed by atoms with Crippen molar-refractivity contribution in [3.05, 3.63) is 35.4 Å². The minimum Gasteiger partial charge on any atom is -0.357 e. The SMILES string of the molecule is CCNC(=NCc1ccccc1C)NCCCN(C)C. The molecule has 0 amide bonds. The van der Waals surface area contributed by atoms with E-state index in [0.29, 0.717) is 0 Å². The van der Waals surface area contributed by atoms with E-state index in [1.165, 1.54) is 11.1 Å². The number of hydrogen-bond donors (Lipinski definition) is 2. The summed E-state index contributed by atoms with van der Waals surface area (Å²) in [5, 5.41) is 6.66. The van der Waals surface area contributed by atoms with E-state index in [0.717, 1.165) is 38.6 Å². The van der Waals surface area contributed by atoms with Gasteiger partial charge in [-0.25, -0.2) is 4.99 Å². The number of aliphatic imine (C=N–C) groups is 1. The van der Waals surface area contributed by atoms with Crippen molar-refractivity contribution in [2.24, 2.45) is 4.99 Å². The van der Waals surface area contributed by atoms with Crippen LogP contribution in [0.15, 0.2) is 29.3 Å². The Morgan fingerprint density at radius 3 is 2.60 bits per heavy atom. The molecule has 0 aromatic heterocycles. The number of guanidine groups is 1. The lowest BCUT2D eigenvalue weighted by atomic mass is 10.1. The Kier molecular flexibility index (Phi) is 7.73. The van der Waals surface area contributed by atoms with Gasteiger partial charge in [-0.1, -0.05) is 24.3 Å². The van der Waals surface area contributed by atoms with E-state index in [-0.39, 0.29) is 0 Å². The second-order valence-electron chi connectivity index (χ2n) is 5.21. The van der Waals surface area contributed by atoms with Crippen molar-refractivity contribution >= 4 is 5.96 Å². The molecule has 1 aromatic rings. The molecule has 0 saturated carbocycles. The van der Waals surface area contributed by atoms with E-state index in [9.17, 15) is 0 Å². The normalized spacial score (nSPS) is 11.8. The van der Waals surface area contributed by atoms with Gasteiger partial charge in [-0.05, 0) is 52.0 Å². The molecular weight excluding hydrogens is 248 g/mol. The molecule has 2 N–H and O–H groups in total. The Morgan fingerprint density at radius 1 is 1.20 bits per heavy atom. The third-order valence-corrected chi connectivity index (χ3v) is 3.09. The molecule has 0 unspecified atom stereocenters. The van der Waals surface area contributed by atoms with Crippen molar-refractivity contribution in [1.29, 1.82) is 0 Å². The third kappa shape index (κ3) is 6.57. The van der Waals surface area contributed by atoms with Gasteiger partial charge in [0.2, 0.25) is 0 Å². The fourth-order valence-electron chi connectivity index (χ4n) is 1.90. The number of rotatable bonds is 7. The highest BCUT2D eigenvalue weighted by Crippen LogP contribution is 2.07. The average molecular weight is 276 g/mol. The highest BCUT2D eigenvalue weighted by Gasteiger charge is 1.99. The fourth-order valence-corrected chi connectivity index (χ4v) is 1.90. The maximum absolute atomic E-state index is 4.64. The van der Waals surface area contributed by atoms with Crippen LogP contribution in [0, 0.1) is 6.92 Å². The van der Waals surface area contributed by atoms with Crippen molar-refractivity contribution in [3.63, 3.8) is 0 Å². The van der Waals surface area contributed by atoms with Gasteiger partial charge in [0, 0.05) is 13.1 Å². The van der Waals surface area contributed by atoms with Crippen LogP contribution in [0.5, 0.6) is 0 Å². The molecule has 0 heterocycles. The maximum Gasteiger partial charge on any atom is 0.191 e. The van der Waals surface area contributed by atoms with Gasteiger partial charge in [0.05, 0.1) is 6.54 Å². The predicted molar refractivity (Wildman–Crippen MR) is 87.2 cm³/mol. The maximum atomic E-state index is 4.64. The van der Waals surface area contributed by atoms with Gasteiger partial charge in [0.15, 0.2) is 5.96 Å². The van der Waals surface area contributed by atoms with Crippen LogP contribution in [0.2, 0.25) is 0 Å². The van der Waals surface area contributed by atoms with Crippen molar-refractivity contribution in [3.8, 4) is 0 Å². The van der Waals surface area contributed by atoms with Crippen molar-refractivity contribution < 1.29 is 0 Å². The molecule has 0 atom stereocenters. The third-order valence-electron chi connectivity index (χ3n) is 3.09. The van der Waals surface area contributed by atoms with E-state index in [1.54, 1.807) is 0 Å². The highest BCUT2D eigenvalue weighted by atomic mass is 15.2. The lowest BCUT2D eigenvalue weighted by Gasteiger charge is -2.13. The number of nitrogens with zero attached hydrogens (tertiary/aromatic N) is 2. The summed E-state index contributed by atoms with van der Waals surface area (Å²) in [6.07, 6.45) is 1.11. The van der Waals surface area contributed by atoms with Crippen LogP contribution in [-0.2, 0) is 6.54 Å². The molecule has 0 radical (unpaired) electrons. The van der Waals surface area contributed by atoms with Crippen LogP contribution in [0.1, 0.15) is 24.5 Å². The topological polar surface area (TPSA) is 39.7 Å². The van der Waals surface area contributed by atoms with E-state index in [1.807, 2.05) is 0 Å². The molecule has 0 aliphatic rings. The van der Waals surface area contributed by atoms with Crippen molar-refractivity contribution in [2.45, 2.75) is 26.8 Å². The molecule has 0 spiro atoms. The summed E-state index contributed by atoms with van der Waals surface area (Å²) in [5.41, 5.74) is 2.57. The molecule has 20 heavy (non-hydrogen) atoms. The average Bonchev–Trinajstić information content (AvgIpc) is 2.42. The Balaban J connectivity index is 2.48. The molecule has 0 aliphatic carbocycles. The second-order valence-corrected chi connectivity index (χ2v) is 5.21. The quantitative estimate of drug-likeness (QED) is 0.454. The largest absolute Gasteiger partial charge is 0.357 e. The first-order chi connectivity index (χ1) is 9.63. The monoisotopic (exact) mass is 276 g/mol. The Bertz CT molecular complexity index is 413. The molecule has 4 nitrogen and oxygen atoms in total.